The highest BCUT2D eigenvalue weighted by Gasteiger charge is 2.40. The van der Waals surface area contributed by atoms with Crippen LogP contribution in [0, 0.1) is 13.8 Å². The Morgan fingerprint density at radius 2 is 1.88 bits per heavy atom. The summed E-state index contributed by atoms with van der Waals surface area (Å²) in [6, 6.07) is 16.8. The summed E-state index contributed by atoms with van der Waals surface area (Å²) in [4.78, 5) is 17.9. The number of sulfonamides is 1. The van der Waals surface area contributed by atoms with Crippen molar-refractivity contribution < 1.29 is 17.9 Å². The monoisotopic (exact) mass is 656 g/mol. The van der Waals surface area contributed by atoms with Gasteiger partial charge in [-0.2, -0.15) is 4.31 Å². The normalized spacial score (nSPS) is 15.5. The molecule has 1 aliphatic heterocycles. The molecule has 0 radical (unpaired) electrons. The molecule has 0 aliphatic carbocycles. The topological polar surface area (TPSA) is 115 Å². The summed E-state index contributed by atoms with van der Waals surface area (Å²) in [5.41, 5.74) is 10.1. The number of aromatic nitrogens is 1. The van der Waals surface area contributed by atoms with Gasteiger partial charge in [0.2, 0.25) is 15.9 Å². The second-order valence-electron chi connectivity index (χ2n) is 10.4. The summed E-state index contributed by atoms with van der Waals surface area (Å²) in [7, 11) is -4.14. The zero-order valence-electron chi connectivity index (χ0n) is 23.6. The summed E-state index contributed by atoms with van der Waals surface area (Å²) in [5.74, 6) is 0.142. The third-order valence-corrected chi connectivity index (χ3v) is 10.5. The summed E-state index contributed by atoms with van der Waals surface area (Å²) < 4.78 is 35.1. The molecule has 0 unspecified atom stereocenters. The number of nitrogens with one attached hydrogen (secondary N) is 1. The first-order valence-electron chi connectivity index (χ1n) is 13.6. The Morgan fingerprint density at radius 1 is 1.14 bits per heavy atom. The molecule has 12 heteroatoms. The van der Waals surface area contributed by atoms with Gasteiger partial charge in [0.15, 0.2) is 0 Å². The van der Waals surface area contributed by atoms with Crippen LogP contribution in [0.25, 0.3) is 10.9 Å². The standard InChI is InChI=1S/C31H30Cl2N4O4S2/c1-18-15-19(2)36-29-22(18)5-3-7-26(29)41-17-23-24(32)12-13-27(28(23)33)43(39,40)37-14-4-6-25(37)31(38)35-16-20-8-10-21(11-9-20)30(34)42/h3,5,7-13,15,25H,4,6,14,16-17H2,1-2H3,(H2,34,42)(H,35,38)/t25-/m0/s1. The molecule has 0 saturated carbocycles. The van der Waals surface area contributed by atoms with E-state index in [0.29, 0.717) is 29.7 Å². The lowest BCUT2D eigenvalue weighted by Gasteiger charge is -2.24. The van der Waals surface area contributed by atoms with Gasteiger partial charge in [-0.15, -0.1) is 0 Å². The number of ether oxygens (including phenoxy) is 1. The van der Waals surface area contributed by atoms with Crippen LogP contribution in [0.5, 0.6) is 5.75 Å². The van der Waals surface area contributed by atoms with Crippen molar-refractivity contribution in [2.24, 2.45) is 5.73 Å². The Hall–Kier alpha value is -3.28. The van der Waals surface area contributed by atoms with Crippen LogP contribution in [0.1, 0.15) is 40.8 Å². The van der Waals surface area contributed by atoms with Crippen molar-refractivity contribution in [1.29, 1.82) is 0 Å². The molecule has 3 N–H and O–H groups in total. The van der Waals surface area contributed by atoms with Crippen LogP contribution in [0.2, 0.25) is 10.0 Å². The number of hydrogen-bond donors (Lipinski definition) is 2. The average Bonchev–Trinajstić information content (AvgIpc) is 3.47. The number of carbonyl (C=O) groups is 1. The van der Waals surface area contributed by atoms with E-state index < -0.39 is 16.1 Å². The van der Waals surface area contributed by atoms with Gasteiger partial charge >= 0.3 is 0 Å². The number of benzene rings is 3. The Kier molecular flexibility index (Phi) is 9.24. The van der Waals surface area contributed by atoms with Crippen LogP contribution < -0.4 is 15.8 Å². The highest BCUT2D eigenvalue weighted by atomic mass is 35.5. The number of fused-ring (bicyclic) bond motifs is 1. The van der Waals surface area contributed by atoms with E-state index >= 15 is 0 Å². The van der Waals surface area contributed by atoms with Gasteiger partial charge in [0, 0.05) is 40.3 Å². The van der Waals surface area contributed by atoms with E-state index in [0.717, 1.165) is 27.8 Å². The number of aryl methyl sites for hydroxylation is 2. The number of halogens is 2. The van der Waals surface area contributed by atoms with Crippen molar-refractivity contribution >= 4 is 67.2 Å². The Balaban J connectivity index is 1.35. The minimum atomic E-state index is -4.14. The molecule has 0 bridgehead atoms. The molecular formula is C31H30Cl2N4O4S2. The minimum Gasteiger partial charge on any atom is -0.487 e. The van der Waals surface area contributed by atoms with Crippen LogP contribution in [0.4, 0.5) is 0 Å². The molecular weight excluding hydrogens is 627 g/mol. The Labute approximate surface area is 266 Å². The molecule has 1 aliphatic rings. The second kappa shape index (κ2) is 12.8. The van der Waals surface area contributed by atoms with E-state index in [1.165, 1.54) is 16.4 Å². The molecule has 1 amide bonds. The van der Waals surface area contributed by atoms with E-state index in [4.69, 9.17) is 45.9 Å². The average molecular weight is 658 g/mol. The maximum Gasteiger partial charge on any atom is 0.245 e. The summed E-state index contributed by atoms with van der Waals surface area (Å²) in [6.45, 7) is 4.25. The minimum absolute atomic E-state index is 0.0444. The number of nitrogens with zero attached hydrogens (tertiary/aromatic N) is 2. The molecule has 0 spiro atoms. The Bertz CT molecular complexity index is 1830. The third-order valence-electron chi connectivity index (χ3n) is 7.46. The lowest BCUT2D eigenvalue weighted by atomic mass is 10.1. The predicted octanol–water partition coefficient (Wildman–Crippen LogP) is 5.84. The van der Waals surface area contributed by atoms with Gasteiger partial charge in [0.25, 0.3) is 0 Å². The van der Waals surface area contributed by atoms with Crippen LogP contribution in [0.15, 0.2) is 65.6 Å². The molecule has 43 heavy (non-hydrogen) atoms. The highest BCUT2D eigenvalue weighted by molar-refractivity contribution is 7.89. The number of amides is 1. The number of pyridine rings is 1. The fourth-order valence-electron chi connectivity index (χ4n) is 5.24. The quantitative estimate of drug-likeness (QED) is 0.218. The summed E-state index contributed by atoms with van der Waals surface area (Å²) in [5, 5.41) is 4.02. The SMILES string of the molecule is Cc1cc(C)c2cccc(OCc3c(Cl)ccc(S(=O)(=O)N4CCC[C@H]4C(=O)NCc4ccc(C(N)=S)cc4)c3Cl)c2n1. The second-order valence-corrected chi connectivity index (χ2v) is 13.5. The number of thiocarbonyl (C=S) groups is 1. The van der Waals surface area contributed by atoms with Gasteiger partial charge in [0.1, 0.15) is 33.8 Å². The highest BCUT2D eigenvalue weighted by Crippen LogP contribution is 2.36. The zero-order chi connectivity index (χ0) is 30.9. The number of nitrogens with two attached hydrogens (primary N) is 1. The van der Waals surface area contributed by atoms with Gasteiger partial charge in [0.05, 0.1) is 5.02 Å². The predicted molar refractivity (Wildman–Crippen MR) is 173 cm³/mol. The van der Waals surface area contributed by atoms with Crippen molar-refractivity contribution in [2.75, 3.05) is 6.54 Å². The first kappa shape index (κ1) is 31.2. The zero-order valence-corrected chi connectivity index (χ0v) is 26.7. The van der Waals surface area contributed by atoms with E-state index in [9.17, 15) is 13.2 Å². The van der Waals surface area contributed by atoms with Crippen molar-refractivity contribution in [3.63, 3.8) is 0 Å². The van der Waals surface area contributed by atoms with Crippen LogP contribution in [0.3, 0.4) is 0 Å². The molecule has 5 rings (SSSR count). The number of hydrogen-bond acceptors (Lipinski definition) is 6. The van der Waals surface area contributed by atoms with E-state index in [-0.39, 0.29) is 45.5 Å². The summed E-state index contributed by atoms with van der Waals surface area (Å²) in [6.07, 6.45) is 0.924. The molecule has 1 fully saturated rings. The first-order chi connectivity index (χ1) is 20.5. The smallest absolute Gasteiger partial charge is 0.245 e. The molecule has 2 heterocycles. The third kappa shape index (κ3) is 6.49. The van der Waals surface area contributed by atoms with Gasteiger partial charge in [-0.05, 0) is 62.1 Å². The van der Waals surface area contributed by atoms with Crippen molar-refractivity contribution in [1.82, 2.24) is 14.6 Å². The summed E-state index contributed by atoms with van der Waals surface area (Å²) >= 11 is 18.2. The van der Waals surface area contributed by atoms with Crippen LogP contribution >= 0.6 is 35.4 Å². The largest absolute Gasteiger partial charge is 0.487 e. The van der Waals surface area contributed by atoms with Crippen LogP contribution in [-0.4, -0.2) is 41.2 Å². The van der Waals surface area contributed by atoms with E-state index in [2.05, 4.69) is 10.3 Å². The van der Waals surface area contributed by atoms with Crippen molar-refractivity contribution in [3.8, 4) is 5.75 Å². The number of carbonyl (C=O) groups excluding carboxylic acids is 1. The lowest BCUT2D eigenvalue weighted by molar-refractivity contribution is -0.124. The van der Waals surface area contributed by atoms with Gasteiger partial charge in [-0.3, -0.25) is 4.79 Å². The van der Waals surface area contributed by atoms with Crippen molar-refractivity contribution in [3.05, 3.63) is 98.7 Å². The van der Waals surface area contributed by atoms with E-state index in [1.54, 1.807) is 18.2 Å². The number of rotatable bonds is 9. The molecule has 3 aromatic carbocycles. The first-order valence-corrected chi connectivity index (χ1v) is 16.2. The fraction of sp³-hybridized carbons (Fsp3) is 0.258. The van der Waals surface area contributed by atoms with Gasteiger partial charge in [-0.1, -0.05) is 71.8 Å². The maximum absolute atomic E-state index is 13.9. The van der Waals surface area contributed by atoms with Gasteiger partial charge < -0.3 is 15.8 Å². The molecule has 4 aromatic rings. The maximum atomic E-state index is 13.9. The molecule has 1 atom stereocenters. The van der Waals surface area contributed by atoms with E-state index in [1.807, 2.05) is 44.2 Å². The fourth-order valence-corrected chi connectivity index (χ4v) is 7.90. The molecule has 1 saturated heterocycles. The number of para-hydroxylation sites is 1. The molecule has 1 aromatic heterocycles. The lowest BCUT2D eigenvalue weighted by Crippen LogP contribution is -2.45. The Morgan fingerprint density at radius 3 is 2.60 bits per heavy atom. The van der Waals surface area contributed by atoms with Crippen LogP contribution in [-0.2, 0) is 28.0 Å². The molecule has 8 nitrogen and oxygen atoms in total. The van der Waals surface area contributed by atoms with Crippen molar-refractivity contribution in [2.45, 2.75) is 50.8 Å². The molecule has 224 valence electrons. The van der Waals surface area contributed by atoms with Gasteiger partial charge in [-0.25, -0.2) is 13.4 Å².